The Morgan fingerprint density at radius 2 is 1.32 bits per heavy atom. The van der Waals surface area contributed by atoms with Crippen LogP contribution in [0, 0.1) is 17.7 Å². The second-order valence-corrected chi connectivity index (χ2v) is 7.35. The first-order valence-electron chi connectivity index (χ1n) is 10.3. The second kappa shape index (κ2) is 10.5. The molecule has 0 heterocycles. The number of hydrogen-bond donors (Lipinski definition) is 1. The summed E-state index contributed by atoms with van der Waals surface area (Å²) in [5.41, 5.74) is 8.05. The number of hydrogen-bond acceptors (Lipinski definition) is 1. The van der Waals surface area contributed by atoms with Crippen LogP contribution in [-0.4, -0.2) is 0 Å². The van der Waals surface area contributed by atoms with Crippen LogP contribution in [-0.2, 0) is 6.42 Å². The summed E-state index contributed by atoms with van der Waals surface area (Å²) in [6, 6.07) is 17.4. The highest BCUT2D eigenvalue weighted by Crippen LogP contribution is 2.29. The molecule has 4 heteroatoms. The van der Waals surface area contributed by atoms with Gasteiger partial charge in [-0.15, -0.1) is 0 Å². The van der Waals surface area contributed by atoms with E-state index in [1.165, 1.54) is 24.3 Å². The average Bonchev–Trinajstić information content (AvgIpc) is 2.80. The van der Waals surface area contributed by atoms with Gasteiger partial charge in [0.2, 0.25) is 0 Å². The van der Waals surface area contributed by atoms with Crippen LogP contribution < -0.4 is 5.73 Å². The largest absolute Gasteiger partial charge is 0.396 e. The second-order valence-electron chi connectivity index (χ2n) is 7.35. The zero-order valence-corrected chi connectivity index (χ0v) is 17.4. The molecule has 0 aliphatic heterocycles. The zero-order chi connectivity index (χ0) is 22.2. The predicted octanol–water partition coefficient (Wildman–Crippen LogP) is 7.31. The van der Waals surface area contributed by atoms with E-state index in [1.54, 1.807) is 30.3 Å². The zero-order valence-electron chi connectivity index (χ0n) is 17.4. The van der Waals surface area contributed by atoms with Crippen molar-refractivity contribution < 1.29 is 13.2 Å². The Labute approximate surface area is 181 Å². The first-order chi connectivity index (χ1) is 15.0. The van der Waals surface area contributed by atoms with Gasteiger partial charge in [-0.3, -0.25) is 0 Å². The maximum atomic E-state index is 14.6. The lowest BCUT2D eigenvalue weighted by atomic mass is 10.0. The highest BCUT2D eigenvalue weighted by Gasteiger charge is 2.11. The van der Waals surface area contributed by atoms with Crippen LogP contribution in [0.1, 0.15) is 54.0 Å². The van der Waals surface area contributed by atoms with Gasteiger partial charge in [-0.2, -0.15) is 0 Å². The molecular weight excluding hydrogens is 395 g/mol. The molecule has 3 aromatic carbocycles. The van der Waals surface area contributed by atoms with E-state index in [0.717, 1.165) is 31.2 Å². The molecule has 0 saturated heterocycles. The molecule has 0 unspecified atom stereocenters. The van der Waals surface area contributed by atoms with E-state index >= 15 is 0 Å². The van der Waals surface area contributed by atoms with Gasteiger partial charge in [-0.05, 0) is 48.7 Å². The van der Waals surface area contributed by atoms with Gasteiger partial charge in [0.25, 0.3) is 0 Å². The molecule has 0 radical (unpaired) electrons. The van der Waals surface area contributed by atoms with Crippen LogP contribution in [0.4, 0.5) is 18.9 Å². The summed E-state index contributed by atoms with van der Waals surface area (Å²) in [5.74, 6) is 3.36. The van der Waals surface area contributed by atoms with Gasteiger partial charge in [0.1, 0.15) is 5.82 Å². The number of halogens is 3. The fourth-order valence-corrected chi connectivity index (χ4v) is 3.10. The summed E-state index contributed by atoms with van der Waals surface area (Å²) < 4.78 is 42.7. The van der Waals surface area contributed by atoms with Crippen LogP contribution in [0.2, 0.25) is 0 Å². The van der Waals surface area contributed by atoms with E-state index < -0.39 is 17.5 Å². The lowest BCUT2D eigenvalue weighted by molar-refractivity contribution is 0.632. The van der Waals surface area contributed by atoms with Crippen LogP contribution in [0.25, 0.3) is 11.7 Å². The summed E-state index contributed by atoms with van der Waals surface area (Å²) in [4.78, 5) is 0. The third-order valence-corrected chi connectivity index (χ3v) is 4.96. The standard InChI is InChI=1S/C27H24F3N/c1-2-3-4-5-19-8-13-22(14-9-19)26(29)27(30)23-15-10-20(11-16-23)6-7-21-12-17-25(31)24(28)18-21/h8-18H,2-5,31H2,1H3. The van der Waals surface area contributed by atoms with Crippen molar-refractivity contribution in [3.63, 3.8) is 0 Å². The molecule has 0 bridgehead atoms. The molecule has 0 amide bonds. The Balaban J connectivity index is 1.73. The number of rotatable bonds is 6. The first kappa shape index (κ1) is 22.2. The molecule has 0 atom stereocenters. The minimum atomic E-state index is -0.918. The minimum Gasteiger partial charge on any atom is -0.396 e. The van der Waals surface area contributed by atoms with E-state index in [1.807, 2.05) is 12.1 Å². The van der Waals surface area contributed by atoms with Crippen molar-refractivity contribution in [3.8, 4) is 11.8 Å². The number of anilines is 1. The van der Waals surface area contributed by atoms with Crippen molar-refractivity contribution in [2.45, 2.75) is 32.6 Å². The molecule has 1 nitrogen and oxygen atoms in total. The van der Waals surface area contributed by atoms with Crippen molar-refractivity contribution in [1.29, 1.82) is 0 Å². The summed E-state index contributed by atoms with van der Waals surface area (Å²) in [7, 11) is 0. The highest BCUT2D eigenvalue weighted by molar-refractivity contribution is 5.83. The lowest BCUT2D eigenvalue weighted by Gasteiger charge is -2.05. The SMILES string of the molecule is CCCCCc1ccc(C(F)=C(F)c2ccc(C#Cc3ccc(N)c(F)c3)cc2)cc1. The van der Waals surface area contributed by atoms with Gasteiger partial charge in [0.15, 0.2) is 11.7 Å². The number of benzene rings is 3. The van der Waals surface area contributed by atoms with Crippen LogP contribution in [0.15, 0.2) is 66.7 Å². The minimum absolute atomic E-state index is 0.0605. The topological polar surface area (TPSA) is 26.0 Å². The number of nitrogens with two attached hydrogens (primary N) is 1. The Hall–Kier alpha value is -3.45. The third kappa shape index (κ3) is 6.02. The van der Waals surface area contributed by atoms with Crippen LogP contribution in [0.5, 0.6) is 0 Å². The maximum absolute atomic E-state index is 14.6. The van der Waals surface area contributed by atoms with E-state index in [-0.39, 0.29) is 16.8 Å². The van der Waals surface area contributed by atoms with Crippen LogP contribution in [0.3, 0.4) is 0 Å². The molecule has 0 aromatic heterocycles. The molecule has 0 aliphatic carbocycles. The Kier molecular flexibility index (Phi) is 7.56. The number of nitrogen functional groups attached to an aromatic ring is 1. The molecule has 3 rings (SSSR count). The Bertz CT molecular complexity index is 1120. The monoisotopic (exact) mass is 419 g/mol. The molecule has 0 spiro atoms. The highest BCUT2D eigenvalue weighted by atomic mass is 19.2. The van der Waals surface area contributed by atoms with Gasteiger partial charge in [-0.1, -0.05) is 68.0 Å². The quantitative estimate of drug-likeness (QED) is 0.193. The van der Waals surface area contributed by atoms with Crippen molar-refractivity contribution in [2.24, 2.45) is 0 Å². The Morgan fingerprint density at radius 3 is 1.90 bits per heavy atom. The normalized spacial score (nSPS) is 11.5. The summed E-state index contributed by atoms with van der Waals surface area (Å²) in [5, 5.41) is 0. The van der Waals surface area contributed by atoms with Gasteiger partial charge < -0.3 is 5.73 Å². The van der Waals surface area contributed by atoms with E-state index in [9.17, 15) is 13.2 Å². The number of aryl methyl sites for hydroxylation is 1. The van der Waals surface area contributed by atoms with Crippen molar-refractivity contribution >= 4 is 17.3 Å². The average molecular weight is 419 g/mol. The molecule has 158 valence electrons. The molecule has 0 fully saturated rings. The predicted molar refractivity (Wildman–Crippen MR) is 122 cm³/mol. The van der Waals surface area contributed by atoms with Gasteiger partial charge in [0.05, 0.1) is 5.69 Å². The van der Waals surface area contributed by atoms with Crippen LogP contribution >= 0.6 is 0 Å². The van der Waals surface area contributed by atoms with Gasteiger partial charge in [-0.25, -0.2) is 13.2 Å². The van der Waals surface area contributed by atoms with Crippen molar-refractivity contribution in [3.05, 3.63) is 100 Å². The maximum Gasteiger partial charge on any atom is 0.166 e. The Morgan fingerprint density at radius 1 is 0.774 bits per heavy atom. The molecule has 0 saturated carbocycles. The number of unbranched alkanes of at least 4 members (excludes halogenated alkanes) is 2. The first-order valence-corrected chi connectivity index (χ1v) is 10.3. The fourth-order valence-electron chi connectivity index (χ4n) is 3.10. The van der Waals surface area contributed by atoms with E-state index in [4.69, 9.17) is 5.73 Å². The molecule has 2 N–H and O–H groups in total. The summed E-state index contributed by atoms with van der Waals surface area (Å²) >= 11 is 0. The molecule has 0 aliphatic rings. The van der Waals surface area contributed by atoms with E-state index in [0.29, 0.717) is 11.1 Å². The van der Waals surface area contributed by atoms with E-state index in [2.05, 4.69) is 18.8 Å². The molecular formula is C27H24F3N. The molecule has 3 aromatic rings. The fraction of sp³-hybridized carbons (Fsp3) is 0.185. The van der Waals surface area contributed by atoms with Gasteiger partial charge in [0, 0.05) is 22.3 Å². The lowest BCUT2D eigenvalue weighted by Crippen LogP contribution is -1.90. The summed E-state index contributed by atoms with van der Waals surface area (Å²) in [6.45, 7) is 2.15. The third-order valence-electron chi connectivity index (χ3n) is 4.96. The van der Waals surface area contributed by atoms with Crippen molar-refractivity contribution in [2.75, 3.05) is 5.73 Å². The van der Waals surface area contributed by atoms with Crippen molar-refractivity contribution in [1.82, 2.24) is 0 Å². The molecule has 31 heavy (non-hydrogen) atoms. The summed E-state index contributed by atoms with van der Waals surface area (Å²) in [6.07, 6.45) is 4.32. The smallest absolute Gasteiger partial charge is 0.166 e. The van der Waals surface area contributed by atoms with Gasteiger partial charge >= 0.3 is 0 Å².